The van der Waals surface area contributed by atoms with Gasteiger partial charge in [-0.3, -0.25) is 10.1 Å². The Morgan fingerprint density at radius 2 is 1.88 bits per heavy atom. The summed E-state index contributed by atoms with van der Waals surface area (Å²) in [6.45, 7) is 1.09. The monoisotopic (exact) mass is 353 g/mol. The van der Waals surface area contributed by atoms with Crippen molar-refractivity contribution in [2.75, 3.05) is 11.9 Å². The fraction of sp³-hybridized carbons (Fsp3) is 0.111. The lowest BCUT2D eigenvalue weighted by molar-refractivity contribution is -0.119. The highest BCUT2D eigenvalue weighted by Gasteiger charge is 2.17. The van der Waals surface area contributed by atoms with Gasteiger partial charge in [-0.05, 0) is 30.7 Å². The van der Waals surface area contributed by atoms with Crippen molar-refractivity contribution in [2.45, 2.75) is 6.92 Å². The predicted molar refractivity (Wildman–Crippen MR) is 91.5 cm³/mol. The Bertz CT molecular complexity index is 937. The topological polar surface area (TPSA) is 115 Å². The Labute approximate surface area is 148 Å². The Balaban J connectivity index is 1.57. The van der Waals surface area contributed by atoms with Crippen molar-refractivity contribution in [3.05, 3.63) is 59.7 Å². The molecule has 1 heterocycles. The quantitative estimate of drug-likeness (QED) is 0.677. The molecule has 26 heavy (non-hydrogen) atoms. The number of amides is 1. The van der Waals surface area contributed by atoms with E-state index in [0.717, 1.165) is 0 Å². The molecule has 0 fully saturated rings. The number of aromatic nitrogens is 2. The van der Waals surface area contributed by atoms with Crippen LogP contribution in [0.2, 0.25) is 0 Å². The van der Waals surface area contributed by atoms with Gasteiger partial charge in [0, 0.05) is 5.56 Å². The van der Waals surface area contributed by atoms with Crippen LogP contribution in [0.25, 0.3) is 11.5 Å². The number of hydrogen-bond acceptors (Lipinski definition) is 7. The third kappa shape index (κ3) is 3.86. The third-order valence-electron chi connectivity index (χ3n) is 3.48. The highest BCUT2D eigenvalue weighted by Crippen LogP contribution is 2.22. The van der Waals surface area contributed by atoms with Crippen LogP contribution in [0.3, 0.4) is 0 Å². The Kier molecular flexibility index (Phi) is 4.93. The number of phenolic OH excluding ortho intramolecular Hbond substituents is 1. The molecule has 0 aliphatic rings. The summed E-state index contributed by atoms with van der Waals surface area (Å²) >= 11 is 0. The molecule has 0 aliphatic heterocycles. The van der Waals surface area contributed by atoms with E-state index in [-0.39, 0.29) is 23.2 Å². The Hall–Kier alpha value is -3.68. The van der Waals surface area contributed by atoms with Crippen LogP contribution in [0.4, 0.5) is 6.01 Å². The molecule has 0 atom stereocenters. The van der Waals surface area contributed by atoms with Crippen LogP contribution in [-0.4, -0.2) is 33.8 Å². The summed E-state index contributed by atoms with van der Waals surface area (Å²) in [4.78, 5) is 23.8. The van der Waals surface area contributed by atoms with Gasteiger partial charge in [0.25, 0.3) is 5.91 Å². The van der Waals surface area contributed by atoms with E-state index in [1.165, 1.54) is 6.07 Å². The zero-order valence-electron chi connectivity index (χ0n) is 13.8. The zero-order valence-corrected chi connectivity index (χ0v) is 13.8. The molecule has 0 saturated carbocycles. The molecule has 0 saturated heterocycles. The first-order chi connectivity index (χ1) is 12.5. The van der Waals surface area contributed by atoms with Crippen molar-refractivity contribution in [1.29, 1.82) is 0 Å². The van der Waals surface area contributed by atoms with Crippen LogP contribution in [0.1, 0.15) is 15.9 Å². The molecule has 132 valence electrons. The number of hydrogen-bond donors (Lipinski definition) is 2. The first kappa shape index (κ1) is 17.2. The SMILES string of the molecule is Cc1cccc(C(=O)OCC(=O)Nc2nnc(-c3ccccc3)o2)c1O. The van der Waals surface area contributed by atoms with Gasteiger partial charge in [0.05, 0.1) is 0 Å². The molecular formula is C18H15N3O5. The number of aryl methyl sites for hydroxylation is 1. The first-order valence-electron chi connectivity index (χ1n) is 7.69. The van der Waals surface area contributed by atoms with Gasteiger partial charge in [-0.1, -0.05) is 35.4 Å². The lowest BCUT2D eigenvalue weighted by Gasteiger charge is -2.07. The number of carbonyl (C=O) groups excluding carboxylic acids is 2. The number of anilines is 1. The number of carbonyl (C=O) groups is 2. The number of rotatable bonds is 5. The number of ether oxygens (including phenoxy) is 1. The Morgan fingerprint density at radius 3 is 2.65 bits per heavy atom. The van der Waals surface area contributed by atoms with E-state index in [0.29, 0.717) is 11.1 Å². The maximum absolute atomic E-state index is 12.0. The lowest BCUT2D eigenvalue weighted by atomic mass is 10.1. The number of esters is 1. The zero-order chi connectivity index (χ0) is 18.5. The standard InChI is InChI=1S/C18H15N3O5/c1-11-6-5-9-13(15(11)23)17(24)25-10-14(22)19-18-21-20-16(26-18)12-7-3-2-4-8-12/h2-9,23H,10H2,1H3,(H,19,21,22). The van der Waals surface area contributed by atoms with Gasteiger partial charge < -0.3 is 14.3 Å². The molecule has 1 amide bonds. The maximum Gasteiger partial charge on any atom is 0.342 e. The number of nitrogens with one attached hydrogen (secondary N) is 1. The molecular weight excluding hydrogens is 338 g/mol. The van der Waals surface area contributed by atoms with E-state index in [1.54, 1.807) is 31.2 Å². The van der Waals surface area contributed by atoms with Gasteiger partial charge in [0.1, 0.15) is 11.3 Å². The third-order valence-corrected chi connectivity index (χ3v) is 3.48. The number of phenols is 1. The predicted octanol–water partition coefficient (Wildman–Crippen LogP) is 2.55. The minimum absolute atomic E-state index is 0.0121. The average molecular weight is 353 g/mol. The van der Waals surface area contributed by atoms with Gasteiger partial charge in [0.15, 0.2) is 6.61 Å². The lowest BCUT2D eigenvalue weighted by Crippen LogP contribution is -2.21. The summed E-state index contributed by atoms with van der Waals surface area (Å²) in [5, 5.41) is 19.7. The van der Waals surface area contributed by atoms with Gasteiger partial charge in [0.2, 0.25) is 5.89 Å². The van der Waals surface area contributed by atoms with Crippen LogP contribution >= 0.6 is 0 Å². The van der Waals surface area contributed by atoms with Crippen LogP contribution in [0.5, 0.6) is 5.75 Å². The van der Waals surface area contributed by atoms with Crippen LogP contribution in [0, 0.1) is 6.92 Å². The summed E-state index contributed by atoms with van der Waals surface area (Å²) in [5.74, 6) is -1.38. The van der Waals surface area contributed by atoms with Crippen LogP contribution in [0.15, 0.2) is 52.9 Å². The van der Waals surface area contributed by atoms with E-state index in [4.69, 9.17) is 9.15 Å². The minimum atomic E-state index is -0.808. The second-order valence-corrected chi connectivity index (χ2v) is 5.37. The van der Waals surface area contributed by atoms with Crippen molar-refractivity contribution < 1.29 is 23.8 Å². The molecule has 3 aromatic rings. The summed E-state index contributed by atoms with van der Waals surface area (Å²) in [6.07, 6.45) is 0. The van der Waals surface area contributed by atoms with E-state index < -0.39 is 18.5 Å². The van der Waals surface area contributed by atoms with Crippen molar-refractivity contribution in [1.82, 2.24) is 10.2 Å². The Morgan fingerprint density at radius 1 is 1.12 bits per heavy atom. The van der Waals surface area contributed by atoms with Crippen molar-refractivity contribution in [3.8, 4) is 17.2 Å². The normalized spacial score (nSPS) is 10.3. The summed E-state index contributed by atoms with van der Waals surface area (Å²) in [7, 11) is 0. The highest BCUT2D eigenvalue weighted by molar-refractivity contribution is 5.96. The first-order valence-corrected chi connectivity index (χ1v) is 7.69. The largest absolute Gasteiger partial charge is 0.507 e. The van der Waals surface area contributed by atoms with E-state index in [1.807, 2.05) is 18.2 Å². The van der Waals surface area contributed by atoms with E-state index in [9.17, 15) is 14.7 Å². The number of nitrogens with zero attached hydrogens (tertiary/aromatic N) is 2. The fourth-order valence-corrected chi connectivity index (χ4v) is 2.16. The molecule has 3 rings (SSSR count). The van der Waals surface area contributed by atoms with Gasteiger partial charge in [-0.2, -0.15) is 0 Å². The second kappa shape index (κ2) is 7.47. The molecule has 0 bridgehead atoms. The van der Waals surface area contributed by atoms with E-state index in [2.05, 4.69) is 15.5 Å². The summed E-state index contributed by atoms with van der Waals surface area (Å²) in [5.41, 5.74) is 1.23. The molecule has 0 spiro atoms. The average Bonchev–Trinajstić information content (AvgIpc) is 3.11. The summed E-state index contributed by atoms with van der Waals surface area (Å²) < 4.78 is 10.2. The van der Waals surface area contributed by atoms with Crippen LogP contribution in [-0.2, 0) is 9.53 Å². The van der Waals surface area contributed by atoms with Gasteiger partial charge >= 0.3 is 12.0 Å². The van der Waals surface area contributed by atoms with Gasteiger partial charge in [-0.15, -0.1) is 5.10 Å². The fourth-order valence-electron chi connectivity index (χ4n) is 2.16. The van der Waals surface area contributed by atoms with Crippen molar-refractivity contribution >= 4 is 17.9 Å². The van der Waals surface area contributed by atoms with Crippen molar-refractivity contribution in [2.24, 2.45) is 0 Å². The minimum Gasteiger partial charge on any atom is -0.507 e. The second-order valence-electron chi connectivity index (χ2n) is 5.37. The smallest absolute Gasteiger partial charge is 0.342 e. The van der Waals surface area contributed by atoms with Crippen LogP contribution < -0.4 is 5.32 Å². The van der Waals surface area contributed by atoms with Gasteiger partial charge in [-0.25, -0.2) is 4.79 Å². The molecule has 2 N–H and O–H groups in total. The molecule has 2 aromatic carbocycles. The molecule has 8 heteroatoms. The molecule has 1 aromatic heterocycles. The highest BCUT2D eigenvalue weighted by atomic mass is 16.5. The molecule has 0 radical (unpaired) electrons. The summed E-state index contributed by atoms with van der Waals surface area (Å²) in [6, 6.07) is 13.6. The van der Waals surface area contributed by atoms with Crippen molar-refractivity contribution in [3.63, 3.8) is 0 Å². The molecule has 8 nitrogen and oxygen atoms in total. The number of para-hydroxylation sites is 1. The maximum atomic E-state index is 12.0. The molecule has 0 aliphatic carbocycles. The number of benzene rings is 2. The number of aromatic hydroxyl groups is 1. The van der Waals surface area contributed by atoms with E-state index >= 15 is 0 Å². The molecule has 0 unspecified atom stereocenters.